The second kappa shape index (κ2) is 8.35. The summed E-state index contributed by atoms with van der Waals surface area (Å²) >= 11 is 0. The van der Waals surface area contributed by atoms with Crippen molar-refractivity contribution in [2.45, 2.75) is 37.8 Å². The van der Waals surface area contributed by atoms with Gasteiger partial charge in [0, 0.05) is 17.2 Å². The maximum Gasteiger partial charge on any atom is 0.295 e. The summed E-state index contributed by atoms with van der Waals surface area (Å²) in [7, 11) is 3.04. The van der Waals surface area contributed by atoms with Crippen molar-refractivity contribution in [1.82, 2.24) is 4.90 Å². The molecule has 8 nitrogen and oxygen atoms in total. The molecule has 0 spiro atoms. The molecule has 2 aliphatic heterocycles. The number of carbonyl (C=O) groups is 2. The Labute approximate surface area is 191 Å². The van der Waals surface area contributed by atoms with Crippen LogP contribution in [0.5, 0.6) is 23.0 Å². The largest absolute Gasteiger partial charge is 0.507 e. The highest BCUT2D eigenvalue weighted by Gasteiger charge is 2.50. The highest BCUT2D eigenvalue weighted by atomic mass is 16.7. The van der Waals surface area contributed by atoms with Gasteiger partial charge in [0.15, 0.2) is 23.0 Å². The number of aliphatic hydroxyl groups is 1. The third kappa shape index (κ3) is 3.37. The molecule has 0 bridgehead atoms. The van der Waals surface area contributed by atoms with Crippen molar-refractivity contribution in [2.75, 3.05) is 21.0 Å². The smallest absolute Gasteiger partial charge is 0.295 e. The molecule has 2 heterocycles. The molecule has 8 heteroatoms. The van der Waals surface area contributed by atoms with Crippen LogP contribution in [0.4, 0.5) is 0 Å². The number of benzene rings is 2. The van der Waals surface area contributed by atoms with Gasteiger partial charge in [-0.3, -0.25) is 9.59 Å². The minimum Gasteiger partial charge on any atom is -0.507 e. The van der Waals surface area contributed by atoms with Crippen molar-refractivity contribution in [2.24, 2.45) is 0 Å². The lowest BCUT2D eigenvalue weighted by atomic mass is 9.93. The van der Waals surface area contributed by atoms with Crippen LogP contribution in [0.25, 0.3) is 5.76 Å². The monoisotopic (exact) mass is 451 g/mol. The van der Waals surface area contributed by atoms with Crippen molar-refractivity contribution in [3.8, 4) is 23.0 Å². The van der Waals surface area contributed by atoms with Crippen molar-refractivity contribution >= 4 is 17.4 Å². The Hall–Kier alpha value is -3.68. The van der Waals surface area contributed by atoms with Crippen molar-refractivity contribution in [3.63, 3.8) is 0 Å². The van der Waals surface area contributed by atoms with Crippen LogP contribution in [0.15, 0.2) is 42.0 Å². The van der Waals surface area contributed by atoms with Crippen LogP contribution in [0.1, 0.15) is 42.9 Å². The number of carbonyl (C=O) groups excluding carboxylic acids is 2. The van der Waals surface area contributed by atoms with Gasteiger partial charge in [-0.05, 0) is 37.1 Å². The number of likely N-dealkylation sites (tertiary alicyclic amines) is 1. The van der Waals surface area contributed by atoms with Crippen LogP contribution >= 0.6 is 0 Å². The predicted octanol–water partition coefficient (Wildman–Crippen LogP) is 3.80. The van der Waals surface area contributed by atoms with Gasteiger partial charge in [-0.2, -0.15) is 0 Å². The molecule has 1 unspecified atom stereocenters. The first-order chi connectivity index (χ1) is 16.0. The third-order valence-corrected chi connectivity index (χ3v) is 6.57. The lowest BCUT2D eigenvalue weighted by Crippen LogP contribution is -2.37. The number of ketones is 1. The number of nitrogens with zero attached hydrogens (tertiary/aromatic N) is 1. The van der Waals surface area contributed by atoms with Gasteiger partial charge >= 0.3 is 0 Å². The Morgan fingerprint density at radius 2 is 1.79 bits per heavy atom. The zero-order valence-corrected chi connectivity index (χ0v) is 18.5. The molecule has 0 aromatic heterocycles. The van der Waals surface area contributed by atoms with E-state index in [4.69, 9.17) is 18.9 Å². The number of amides is 1. The molecule has 2 aromatic rings. The highest BCUT2D eigenvalue weighted by molar-refractivity contribution is 6.46. The number of rotatable bonds is 5. The molecule has 1 amide bonds. The average molecular weight is 451 g/mol. The first kappa shape index (κ1) is 21.2. The van der Waals surface area contributed by atoms with Crippen LogP contribution in [-0.2, 0) is 9.59 Å². The van der Waals surface area contributed by atoms with Crippen molar-refractivity contribution in [1.29, 1.82) is 0 Å². The summed E-state index contributed by atoms with van der Waals surface area (Å²) in [5.74, 6) is 0.346. The quantitative estimate of drug-likeness (QED) is 0.420. The fourth-order valence-corrected chi connectivity index (χ4v) is 5.04. The van der Waals surface area contributed by atoms with Crippen molar-refractivity contribution < 1.29 is 33.6 Å². The maximum atomic E-state index is 13.3. The summed E-state index contributed by atoms with van der Waals surface area (Å²) in [5, 5.41) is 11.3. The lowest BCUT2D eigenvalue weighted by Gasteiger charge is -2.31. The Bertz CT molecular complexity index is 1150. The summed E-state index contributed by atoms with van der Waals surface area (Å²) in [6.45, 7) is 0.0899. The minimum absolute atomic E-state index is 0.0253. The molecular formula is C25H25NO7. The van der Waals surface area contributed by atoms with E-state index < -0.39 is 17.7 Å². The molecule has 1 atom stereocenters. The number of fused-ring (bicyclic) bond motifs is 1. The van der Waals surface area contributed by atoms with E-state index in [9.17, 15) is 14.7 Å². The van der Waals surface area contributed by atoms with Crippen molar-refractivity contribution in [3.05, 3.63) is 53.1 Å². The standard InChI is InChI=1S/C25H25NO7/c1-30-18-9-5-8-16(24(18)31-2)21-20(23(28)25(29)26(21)15-6-3-4-7-15)22(27)14-10-11-17-19(12-14)33-13-32-17/h5,8-12,15,21,27H,3-4,6-7,13H2,1-2H3/b22-20+. The Kier molecular flexibility index (Phi) is 5.36. The summed E-state index contributed by atoms with van der Waals surface area (Å²) in [6, 6.07) is 9.37. The van der Waals surface area contributed by atoms with E-state index in [0.29, 0.717) is 34.1 Å². The Morgan fingerprint density at radius 3 is 2.52 bits per heavy atom. The van der Waals surface area contributed by atoms with E-state index in [2.05, 4.69) is 0 Å². The van der Waals surface area contributed by atoms with Gasteiger partial charge in [-0.15, -0.1) is 0 Å². The maximum absolute atomic E-state index is 13.3. The summed E-state index contributed by atoms with van der Waals surface area (Å²) in [5.41, 5.74) is 0.984. The minimum atomic E-state index is -0.802. The van der Waals surface area contributed by atoms with E-state index in [-0.39, 0.29) is 24.2 Å². The highest BCUT2D eigenvalue weighted by Crippen LogP contribution is 2.48. The Morgan fingerprint density at radius 1 is 1.03 bits per heavy atom. The normalized spacial score (nSPS) is 21.6. The fourth-order valence-electron chi connectivity index (χ4n) is 5.04. The van der Waals surface area contributed by atoms with Crippen LogP contribution in [-0.4, -0.2) is 48.8 Å². The SMILES string of the molecule is COc1cccc(C2/C(=C(\O)c3ccc4c(c3)OCO4)C(=O)C(=O)N2C2CCCC2)c1OC. The van der Waals surface area contributed by atoms with Gasteiger partial charge in [0.1, 0.15) is 5.76 Å². The summed E-state index contributed by atoms with van der Waals surface area (Å²) in [6.07, 6.45) is 3.58. The topological polar surface area (TPSA) is 94.5 Å². The zero-order valence-electron chi connectivity index (χ0n) is 18.5. The van der Waals surface area contributed by atoms with Gasteiger partial charge in [0.2, 0.25) is 6.79 Å². The molecule has 2 fully saturated rings. The molecule has 1 N–H and O–H groups in total. The van der Waals surface area contributed by atoms with Gasteiger partial charge < -0.3 is 29.0 Å². The number of methoxy groups -OCH3 is 2. The van der Waals surface area contributed by atoms with Gasteiger partial charge in [-0.25, -0.2) is 0 Å². The Balaban J connectivity index is 1.71. The lowest BCUT2D eigenvalue weighted by molar-refractivity contribution is -0.141. The molecule has 1 saturated heterocycles. The number of para-hydroxylation sites is 1. The van der Waals surface area contributed by atoms with Crippen LogP contribution in [0.3, 0.4) is 0 Å². The first-order valence-electron chi connectivity index (χ1n) is 11.0. The second-order valence-corrected chi connectivity index (χ2v) is 8.30. The predicted molar refractivity (Wildman–Crippen MR) is 119 cm³/mol. The van der Waals surface area contributed by atoms with E-state index in [1.54, 1.807) is 41.3 Å². The van der Waals surface area contributed by atoms with Crippen LogP contribution in [0.2, 0.25) is 0 Å². The zero-order chi connectivity index (χ0) is 23.1. The molecule has 3 aliphatic rings. The van der Waals surface area contributed by atoms with Gasteiger partial charge in [0.05, 0.1) is 25.8 Å². The molecule has 1 aliphatic carbocycles. The van der Waals surface area contributed by atoms with Gasteiger partial charge in [-0.1, -0.05) is 25.0 Å². The van der Waals surface area contributed by atoms with E-state index in [1.807, 2.05) is 0 Å². The molecular weight excluding hydrogens is 426 g/mol. The molecule has 2 aromatic carbocycles. The molecule has 172 valence electrons. The molecule has 0 radical (unpaired) electrons. The summed E-state index contributed by atoms with van der Waals surface area (Å²) in [4.78, 5) is 28.2. The number of hydrogen-bond donors (Lipinski definition) is 1. The first-order valence-corrected chi connectivity index (χ1v) is 11.0. The number of aliphatic hydroxyl groups excluding tert-OH is 1. The number of Topliss-reactive ketones (excluding diaryl/α,β-unsaturated/α-hetero) is 1. The average Bonchev–Trinajstić information content (AvgIpc) is 3.58. The second-order valence-electron chi connectivity index (χ2n) is 8.30. The van der Waals surface area contributed by atoms with Crippen LogP contribution in [0, 0.1) is 0 Å². The summed E-state index contributed by atoms with van der Waals surface area (Å²) < 4.78 is 21.9. The van der Waals surface area contributed by atoms with E-state index >= 15 is 0 Å². The number of hydrogen-bond acceptors (Lipinski definition) is 7. The van der Waals surface area contributed by atoms with Crippen LogP contribution < -0.4 is 18.9 Å². The molecule has 33 heavy (non-hydrogen) atoms. The van der Waals surface area contributed by atoms with E-state index in [1.165, 1.54) is 14.2 Å². The van der Waals surface area contributed by atoms with Gasteiger partial charge in [0.25, 0.3) is 11.7 Å². The third-order valence-electron chi connectivity index (χ3n) is 6.57. The van der Waals surface area contributed by atoms with E-state index in [0.717, 1.165) is 25.7 Å². The number of ether oxygens (including phenoxy) is 4. The fraction of sp³-hybridized carbons (Fsp3) is 0.360. The molecule has 1 saturated carbocycles. The molecule has 5 rings (SSSR count).